The number of amides is 2. The fourth-order valence-electron chi connectivity index (χ4n) is 3.50. The van der Waals surface area contributed by atoms with Gasteiger partial charge in [0, 0.05) is 24.2 Å². The Morgan fingerprint density at radius 1 is 1.07 bits per heavy atom. The van der Waals surface area contributed by atoms with Gasteiger partial charge in [-0.1, -0.05) is 42.5 Å². The maximum absolute atomic E-state index is 12.8. The van der Waals surface area contributed by atoms with Gasteiger partial charge in [-0.25, -0.2) is 0 Å². The molecule has 5 heteroatoms. The summed E-state index contributed by atoms with van der Waals surface area (Å²) in [6, 6.07) is 15.9. The Bertz CT molecular complexity index is 846. The quantitative estimate of drug-likeness (QED) is 0.738. The van der Waals surface area contributed by atoms with Crippen molar-refractivity contribution in [1.29, 1.82) is 0 Å². The zero-order chi connectivity index (χ0) is 18.8. The minimum absolute atomic E-state index is 0.00286. The standard InChI is InChI=1S/C22H25N3O2/c1-14(16-7-11-19-17(13-16)8-12-20(26)25-19)23-21(15-5-3-2-4-6-15)22(27)24-18-9-10-18/h2-7,11,13-14,18,21,23H,8-10,12H2,1H3,(H,24,27)(H,25,26)/t14-,21+/m1/s1. The van der Waals surface area contributed by atoms with Crippen LogP contribution in [0.25, 0.3) is 0 Å². The summed E-state index contributed by atoms with van der Waals surface area (Å²) < 4.78 is 0. The van der Waals surface area contributed by atoms with Gasteiger partial charge in [0.25, 0.3) is 0 Å². The first-order valence-electron chi connectivity index (χ1n) is 9.64. The zero-order valence-electron chi connectivity index (χ0n) is 15.5. The second kappa shape index (κ2) is 7.53. The summed E-state index contributed by atoms with van der Waals surface area (Å²) in [7, 11) is 0. The van der Waals surface area contributed by atoms with E-state index in [0.717, 1.165) is 41.6 Å². The summed E-state index contributed by atoms with van der Waals surface area (Å²) in [5.41, 5.74) is 4.13. The third kappa shape index (κ3) is 4.19. The smallest absolute Gasteiger partial charge is 0.241 e. The van der Waals surface area contributed by atoms with Crippen molar-refractivity contribution < 1.29 is 9.59 Å². The van der Waals surface area contributed by atoms with Crippen LogP contribution in [0.15, 0.2) is 48.5 Å². The Kier molecular flexibility index (Phi) is 4.94. The predicted octanol–water partition coefficient (Wildman–Crippen LogP) is 3.24. The third-order valence-corrected chi connectivity index (χ3v) is 5.26. The van der Waals surface area contributed by atoms with Gasteiger partial charge in [-0.3, -0.25) is 14.9 Å². The number of fused-ring (bicyclic) bond motifs is 1. The van der Waals surface area contributed by atoms with Crippen LogP contribution in [0.2, 0.25) is 0 Å². The zero-order valence-corrected chi connectivity index (χ0v) is 15.5. The number of aryl methyl sites for hydroxylation is 1. The van der Waals surface area contributed by atoms with E-state index in [1.807, 2.05) is 42.5 Å². The van der Waals surface area contributed by atoms with E-state index in [2.05, 4.69) is 28.9 Å². The monoisotopic (exact) mass is 363 g/mol. The third-order valence-electron chi connectivity index (χ3n) is 5.26. The van der Waals surface area contributed by atoms with Crippen LogP contribution in [0, 0.1) is 0 Å². The largest absolute Gasteiger partial charge is 0.352 e. The molecule has 1 fully saturated rings. The summed E-state index contributed by atoms with van der Waals surface area (Å²) in [4.78, 5) is 24.4. The van der Waals surface area contributed by atoms with E-state index in [-0.39, 0.29) is 17.9 Å². The van der Waals surface area contributed by atoms with Gasteiger partial charge >= 0.3 is 0 Å². The van der Waals surface area contributed by atoms with E-state index < -0.39 is 6.04 Å². The molecule has 0 spiro atoms. The lowest BCUT2D eigenvalue weighted by Crippen LogP contribution is -2.39. The van der Waals surface area contributed by atoms with Crippen LogP contribution in [-0.2, 0) is 16.0 Å². The Balaban J connectivity index is 1.53. The van der Waals surface area contributed by atoms with Crippen LogP contribution in [0.5, 0.6) is 0 Å². The summed E-state index contributed by atoms with van der Waals surface area (Å²) >= 11 is 0. The Morgan fingerprint density at radius 3 is 2.59 bits per heavy atom. The van der Waals surface area contributed by atoms with Gasteiger partial charge in [-0.05, 0) is 48.9 Å². The molecule has 1 heterocycles. The molecule has 0 aromatic heterocycles. The maximum Gasteiger partial charge on any atom is 0.241 e. The second-order valence-electron chi connectivity index (χ2n) is 7.48. The molecule has 4 rings (SSSR count). The topological polar surface area (TPSA) is 70.2 Å². The van der Waals surface area contributed by atoms with Gasteiger partial charge in [-0.15, -0.1) is 0 Å². The average molecular weight is 363 g/mol. The number of carbonyl (C=O) groups excluding carboxylic acids is 2. The molecule has 0 bridgehead atoms. The van der Waals surface area contributed by atoms with E-state index in [4.69, 9.17) is 0 Å². The van der Waals surface area contributed by atoms with E-state index >= 15 is 0 Å². The molecule has 0 radical (unpaired) electrons. The molecular formula is C22H25N3O2. The summed E-state index contributed by atoms with van der Waals surface area (Å²) in [5.74, 6) is 0.100. The molecule has 0 saturated heterocycles. The molecule has 27 heavy (non-hydrogen) atoms. The molecular weight excluding hydrogens is 338 g/mol. The Hall–Kier alpha value is -2.66. The first kappa shape index (κ1) is 17.7. The number of hydrogen-bond donors (Lipinski definition) is 3. The first-order valence-corrected chi connectivity index (χ1v) is 9.64. The summed E-state index contributed by atoms with van der Waals surface area (Å²) in [6.07, 6.45) is 3.42. The molecule has 0 unspecified atom stereocenters. The molecule has 3 N–H and O–H groups in total. The van der Waals surface area contributed by atoms with E-state index in [0.29, 0.717) is 12.5 Å². The fourth-order valence-corrected chi connectivity index (χ4v) is 3.50. The van der Waals surface area contributed by atoms with Gasteiger partial charge in [0.05, 0.1) is 0 Å². The van der Waals surface area contributed by atoms with Gasteiger partial charge in [0.2, 0.25) is 11.8 Å². The molecule has 2 aliphatic rings. The summed E-state index contributed by atoms with van der Waals surface area (Å²) in [6.45, 7) is 2.07. The maximum atomic E-state index is 12.8. The molecule has 2 atom stereocenters. The number of carbonyl (C=O) groups is 2. The van der Waals surface area contributed by atoms with Crippen LogP contribution in [-0.4, -0.2) is 17.9 Å². The Morgan fingerprint density at radius 2 is 1.85 bits per heavy atom. The van der Waals surface area contributed by atoms with Crippen molar-refractivity contribution in [3.63, 3.8) is 0 Å². The highest BCUT2D eigenvalue weighted by Gasteiger charge is 2.29. The van der Waals surface area contributed by atoms with Gasteiger partial charge in [0.1, 0.15) is 6.04 Å². The lowest BCUT2D eigenvalue weighted by atomic mass is 9.96. The predicted molar refractivity (Wildman–Crippen MR) is 105 cm³/mol. The van der Waals surface area contributed by atoms with Crippen molar-refractivity contribution >= 4 is 17.5 Å². The Labute approximate surface area is 159 Å². The lowest BCUT2D eigenvalue weighted by molar-refractivity contribution is -0.123. The minimum atomic E-state index is -0.391. The average Bonchev–Trinajstić information content (AvgIpc) is 3.50. The molecule has 2 amide bonds. The molecule has 2 aromatic rings. The van der Waals surface area contributed by atoms with E-state index in [1.165, 1.54) is 0 Å². The second-order valence-corrected chi connectivity index (χ2v) is 7.48. The van der Waals surface area contributed by atoms with Crippen molar-refractivity contribution in [2.45, 2.75) is 50.7 Å². The molecule has 1 aliphatic carbocycles. The molecule has 2 aromatic carbocycles. The van der Waals surface area contributed by atoms with Crippen molar-refractivity contribution in [2.75, 3.05) is 5.32 Å². The molecule has 1 aliphatic heterocycles. The van der Waals surface area contributed by atoms with Crippen molar-refractivity contribution in [3.05, 3.63) is 65.2 Å². The highest BCUT2D eigenvalue weighted by atomic mass is 16.2. The van der Waals surface area contributed by atoms with E-state index in [9.17, 15) is 9.59 Å². The van der Waals surface area contributed by atoms with Crippen LogP contribution in [0.1, 0.15) is 55.0 Å². The van der Waals surface area contributed by atoms with Gasteiger partial charge in [0.15, 0.2) is 0 Å². The van der Waals surface area contributed by atoms with Crippen LogP contribution in [0.4, 0.5) is 5.69 Å². The number of benzene rings is 2. The lowest BCUT2D eigenvalue weighted by Gasteiger charge is -2.25. The van der Waals surface area contributed by atoms with Crippen molar-refractivity contribution in [1.82, 2.24) is 10.6 Å². The number of hydrogen-bond acceptors (Lipinski definition) is 3. The van der Waals surface area contributed by atoms with Crippen molar-refractivity contribution in [3.8, 4) is 0 Å². The van der Waals surface area contributed by atoms with Crippen LogP contribution in [0.3, 0.4) is 0 Å². The molecule has 140 valence electrons. The molecule has 1 saturated carbocycles. The van der Waals surface area contributed by atoms with Gasteiger partial charge in [-0.2, -0.15) is 0 Å². The summed E-state index contributed by atoms with van der Waals surface area (Å²) in [5, 5.41) is 9.53. The van der Waals surface area contributed by atoms with Crippen LogP contribution < -0.4 is 16.0 Å². The van der Waals surface area contributed by atoms with Gasteiger partial charge < -0.3 is 10.6 Å². The van der Waals surface area contributed by atoms with Crippen LogP contribution >= 0.6 is 0 Å². The fraction of sp³-hybridized carbons (Fsp3) is 0.364. The van der Waals surface area contributed by atoms with E-state index in [1.54, 1.807) is 0 Å². The minimum Gasteiger partial charge on any atom is -0.352 e. The normalized spacial score (nSPS) is 18.2. The number of rotatable bonds is 6. The highest BCUT2D eigenvalue weighted by Crippen LogP contribution is 2.28. The number of nitrogens with one attached hydrogen (secondary N) is 3. The first-order chi connectivity index (χ1) is 13.1. The highest BCUT2D eigenvalue weighted by molar-refractivity contribution is 5.93. The van der Waals surface area contributed by atoms with Crippen molar-refractivity contribution in [2.24, 2.45) is 0 Å². The number of anilines is 1. The molecule has 5 nitrogen and oxygen atoms in total. The SMILES string of the molecule is C[C@@H](N[C@H](C(=O)NC1CC1)c1ccccc1)c1ccc2c(c1)CCC(=O)N2.